The number of esters is 1. The Hall–Kier alpha value is -3.80. The number of nitrogens with one attached hydrogen (secondary N) is 1. The van der Waals surface area contributed by atoms with Crippen LogP contribution in [0.1, 0.15) is 117 Å². The fourth-order valence-corrected chi connectivity index (χ4v) is 9.51. The number of ether oxygens (including phenoxy) is 1. The first-order valence-corrected chi connectivity index (χ1v) is 17.4. The number of hydrogen-bond acceptors (Lipinski definition) is 5. The van der Waals surface area contributed by atoms with Crippen molar-refractivity contribution in [1.82, 2.24) is 0 Å². The van der Waals surface area contributed by atoms with Gasteiger partial charge in [-0.05, 0) is 145 Å². The lowest BCUT2D eigenvalue weighted by molar-refractivity contribution is 0.00967. The van der Waals surface area contributed by atoms with Crippen molar-refractivity contribution in [2.45, 2.75) is 91.4 Å². The van der Waals surface area contributed by atoms with Crippen LogP contribution in [0.25, 0.3) is 0 Å². The zero-order chi connectivity index (χ0) is 32.6. The largest absolute Gasteiger partial charge is 0.423 e. The van der Waals surface area contributed by atoms with Crippen molar-refractivity contribution >= 4 is 28.9 Å². The normalized spacial score (nSPS) is 25.7. The minimum Gasteiger partial charge on any atom is -0.423 e. The van der Waals surface area contributed by atoms with Crippen LogP contribution in [0, 0.1) is 35.0 Å². The van der Waals surface area contributed by atoms with Gasteiger partial charge in [0.15, 0.2) is 0 Å². The van der Waals surface area contributed by atoms with Crippen LogP contribution >= 0.6 is 0 Å². The standard InChI is InChI=1S/C40H51N3O3/c1-24(2)6-5-7-25(3)36-16-17-37-35-14-10-27-22-32(13-15-33(27)34(35)18-19-40(36,37)4)46-39(45)26-8-11-31(12-9-26)43-38(44)28-20-29(41)23-30(42)21-28/h8-9,11-13,15,20-25,34-37H,5-7,10,14,16-19,41-42H2,1-4H3,(H,43,44). The minimum absolute atomic E-state index is 0.326. The summed E-state index contributed by atoms with van der Waals surface area (Å²) in [6.07, 6.45) is 11.8. The van der Waals surface area contributed by atoms with Crippen LogP contribution in [-0.4, -0.2) is 11.9 Å². The number of carbonyl (C=O) groups is 2. The molecule has 6 rings (SSSR count). The Labute approximate surface area is 274 Å². The van der Waals surface area contributed by atoms with Crippen LogP contribution in [0.5, 0.6) is 5.75 Å². The molecule has 6 nitrogen and oxygen atoms in total. The fourth-order valence-electron chi connectivity index (χ4n) is 9.51. The monoisotopic (exact) mass is 621 g/mol. The fraction of sp³-hybridized carbons (Fsp3) is 0.500. The quantitative estimate of drug-likeness (QED) is 0.125. The molecular formula is C40H51N3O3. The van der Waals surface area contributed by atoms with Gasteiger partial charge in [-0.2, -0.15) is 0 Å². The summed E-state index contributed by atoms with van der Waals surface area (Å²) >= 11 is 0. The van der Waals surface area contributed by atoms with Crippen molar-refractivity contribution in [2.24, 2.45) is 35.0 Å². The lowest BCUT2D eigenvalue weighted by atomic mass is 9.53. The second-order valence-electron chi connectivity index (χ2n) is 15.1. The average Bonchev–Trinajstić information content (AvgIpc) is 3.37. The van der Waals surface area contributed by atoms with E-state index in [-0.39, 0.29) is 5.91 Å². The predicted molar refractivity (Wildman–Crippen MR) is 187 cm³/mol. The summed E-state index contributed by atoms with van der Waals surface area (Å²) in [5, 5.41) is 2.82. The molecule has 0 bridgehead atoms. The molecule has 0 aliphatic heterocycles. The molecule has 0 heterocycles. The van der Waals surface area contributed by atoms with Crippen LogP contribution in [0.15, 0.2) is 60.7 Å². The number of anilines is 3. The van der Waals surface area contributed by atoms with Gasteiger partial charge in [0, 0.05) is 22.6 Å². The van der Waals surface area contributed by atoms with Crippen LogP contribution in [0.2, 0.25) is 0 Å². The molecule has 1 amide bonds. The summed E-state index contributed by atoms with van der Waals surface area (Å²) in [4.78, 5) is 25.7. The highest BCUT2D eigenvalue weighted by Crippen LogP contribution is 2.64. The number of hydrogen-bond donors (Lipinski definition) is 3. The third-order valence-electron chi connectivity index (χ3n) is 11.7. The molecule has 6 atom stereocenters. The molecule has 2 fully saturated rings. The number of amides is 1. The number of carbonyl (C=O) groups excluding carboxylic acids is 2. The van der Waals surface area contributed by atoms with Gasteiger partial charge in [-0.25, -0.2) is 4.79 Å². The van der Waals surface area contributed by atoms with Crippen molar-refractivity contribution in [1.29, 1.82) is 0 Å². The van der Waals surface area contributed by atoms with Gasteiger partial charge in [-0.1, -0.05) is 53.0 Å². The minimum atomic E-state index is -0.414. The van der Waals surface area contributed by atoms with Gasteiger partial charge in [-0.15, -0.1) is 0 Å². The third kappa shape index (κ3) is 6.54. The van der Waals surface area contributed by atoms with Gasteiger partial charge in [0.1, 0.15) is 5.75 Å². The number of nitrogens with two attached hydrogens (primary N) is 2. The molecule has 2 saturated carbocycles. The molecule has 6 heteroatoms. The maximum atomic E-state index is 13.0. The molecule has 0 saturated heterocycles. The predicted octanol–water partition coefficient (Wildman–Crippen LogP) is 9.26. The van der Waals surface area contributed by atoms with E-state index in [9.17, 15) is 9.59 Å². The molecule has 244 valence electrons. The lowest BCUT2D eigenvalue weighted by Crippen LogP contribution is -2.43. The van der Waals surface area contributed by atoms with Gasteiger partial charge in [-0.3, -0.25) is 4.79 Å². The van der Waals surface area contributed by atoms with Crippen LogP contribution < -0.4 is 21.5 Å². The van der Waals surface area contributed by atoms with E-state index in [4.69, 9.17) is 16.2 Å². The number of rotatable bonds is 9. The number of benzene rings is 3. The first-order chi connectivity index (χ1) is 22.0. The van der Waals surface area contributed by atoms with Crippen molar-refractivity contribution < 1.29 is 14.3 Å². The molecule has 3 aliphatic rings. The summed E-state index contributed by atoms with van der Waals surface area (Å²) in [6, 6.07) is 17.8. The van der Waals surface area contributed by atoms with Crippen LogP contribution in [-0.2, 0) is 6.42 Å². The Balaban J connectivity index is 1.07. The second-order valence-corrected chi connectivity index (χ2v) is 15.1. The lowest BCUT2D eigenvalue weighted by Gasteiger charge is -2.52. The van der Waals surface area contributed by atoms with E-state index >= 15 is 0 Å². The van der Waals surface area contributed by atoms with Crippen molar-refractivity contribution in [3.63, 3.8) is 0 Å². The first kappa shape index (κ1) is 32.2. The summed E-state index contributed by atoms with van der Waals surface area (Å²) in [5.41, 5.74) is 17.1. The third-order valence-corrected chi connectivity index (χ3v) is 11.7. The van der Waals surface area contributed by atoms with E-state index in [1.165, 1.54) is 62.5 Å². The topological polar surface area (TPSA) is 107 Å². The van der Waals surface area contributed by atoms with Gasteiger partial charge < -0.3 is 21.5 Å². The summed E-state index contributed by atoms with van der Waals surface area (Å²) < 4.78 is 5.84. The van der Waals surface area contributed by atoms with Crippen molar-refractivity contribution in [3.05, 3.63) is 82.9 Å². The number of fused-ring (bicyclic) bond motifs is 5. The molecule has 6 unspecified atom stereocenters. The zero-order valence-electron chi connectivity index (χ0n) is 28.0. The van der Waals surface area contributed by atoms with E-state index in [0.29, 0.717) is 45.3 Å². The SMILES string of the molecule is CC(C)CCCC(C)C1CCC2C3CCc4cc(OC(=O)c5ccc(NC(=O)c6cc(N)cc(N)c6)cc5)ccc4C3CCC12C. The summed E-state index contributed by atoms with van der Waals surface area (Å²) in [5.74, 6) is 4.55. The van der Waals surface area contributed by atoms with E-state index in [2.05, 4.69) is 45.1 Å². The van der Waals surface area contributed by atoms with Crippen LogP contribution in [0.3, 0.4) is 0 Å². The Bertz CT molecular complexity index is 1560. The highest BCUT2D eigenvalue weighted by molar-refractivity contribution is 6.05. The highest BCUT2D eigenvalue weighted by Gasteiger charge is 2.55. The van der Waals surface area contributed by atoms with Gasteiger partial charge >= 0.3 is 5.97 Å². The zero-order valence-corrected chi connectivity index (χ0v) is 28.0. The second kappa shape index (κ2) is 13.1. The first-order valence-electron chi connectivity index (χ1n) is 17.4. The van der Waals surface area contributed by atoms with E-state index in [0.717, 1.165) is 36.0 Å². The molecule has 0 aromatic heterocycles. The Kier molecular flexibility index (Phi) is 9.18. The van der Waals surface area contributed by atoms with E-state index in [1.807, 2.05) is 6.07 Å². The van der Waals surface area contributed by atoms with Crippen molar-refractivity contribution in [3.8, 4) is 5.75 Å². The molecule has 3 aliphatic carbocycles. The molecule has 5 N–H and O–H groups in total. The molecular weight excluding hydrogens is 570 g/mol. The maximum Gasteiger partial charge on any atom is 0.343 e. The molecule has 3 aromatic rings. The van der Waals surface area contributed by atoms with E-state index < -0.39 is 5.97 Å². The Morgan fingerprint density at radius 3 is 2.35 bits per heavy atom. The molecule has 0 radical (unpaired) electrons. The smallest absolute Gasteiger partial charge is 0.343 e. The van der Waals surface area contributed by atoms with Crippen LogP contribution in [0.4, 0.5) is 17.1 Å². The van der Waals surface area contributed by atoms with E-state index in [1.54, 1.807) is 42.5 Å². The number of nitrogen functional groups attached to an aromatic ring is 2. The molecule has 0 spiro atoms. The summed E-state index contributed by atoms with van der Waals surface area (Å²) in [6.45, 7) is 9.86. The van der Waals surface area contributed by atoms with Gasteiger partial charge in [0.2, 0.25) is 0 Å². The maximum absolute atomic E-state index is 13.0. The van der Waals surface area contributed by atoms with Gasteiger partial charge in [0.05, 0.1) is 5.56 Å². The van der Waals surface area contributed by atoms with Gasteiger partial charge in [0.25, 0.3) is 5.91 Å². The Morgan fingerprint density at radius 2 is 1.63 bits per heavy atom. The highest BCUT2D eigenvalue weighted by atomic mass is 16.5. The number of aryl methyl sites for hydroxylation is 1. The van der Waals surface area contributed by atoms with Crippen molar-refractivity contribution in [2.75, 3.05) is 16.8 Å². The Morgan fingerprint density at radius 1 is 0.891 bits per heavy atom. The summed E-state index contributed by atoms with van der Waals surface area (Å²) in [7, 11) is 0. The average molecular weight is 622 g/mol. The molecule has 46 heavy (non-hydrogen) atoms. The molecule has 3 aromatic carbocycles.